The molecule has 1 aromatic heterocycles. The zero-order valence-corrected chi connectivity index (χ0v) is 16.4. The average Bonchev–Trinajstić information content (AvgIpc) is 3.14. The standard InChI is InChI=1S/C17H21N7OS2/c18-12-13-2-4-14(5-3-13)20-15(25)21-16-22-23-17(27-16)26-11-1-8-24-9-6-19-7-10-24/h2-5,19H,1,6-11H2,(H2,20,21,22,25). The molecular formula is C17H21N7OS2. The van der Waals surface area contributed by atoms with Crippen LogP contribution in [0.5, 0.6) is 0 Å². The van der Waals surface area contributed by atoms with Gasteiger partial charge in [0.1, 0.15) is 0 Å². The number of hydrogen-bond donors (Lipinski definition) is 3. The maximum absolute atomic E-state index is 12.0. The van der Waals surface area contributed by atoms with Crippen LogP contribution in [0.25, 0.3) is 0 Å². The number of hydrogen-bond acceptors (Lipinski definition) is 8. The number of urea groups is 1. The molecule has 0 atom stereocenters. The second-order valence-corrected chi connectivity index (χ2v) is 8.25. The number of anilines is 2. The molecule has 2 amide bonds. The maximum atomic E-state index is 12.0. The lowest BCUT2D eigenvalue weighted by atomic mass is 10.2. The summed E-state index contributed by atoms with van der Waals surface area (Å²) in [5.74, 6) is 0.982. The van der Waals surface area contributed by atoms with E-state index in [9.17, 15) is 4.79 Å². The number of thioether (sulfide) groups is 1. The molecule has 2 aromatic rings. The van der Waals surface area contributed by atoms with E-state index in [0.717, 1.165) is 49.2 Å². The highest BCUT2D eigenvalue weighted by molar-refractivity contribution is 8.01. The normalized spacial score (nSPS) is 14.5. The van der Waals surface area contributed by atoms with Crippen LogP contribution in [-0.2, 0) is 0 Å². The predicted octanol–water partition coefficient (Wildman–Crippen LogP) is 2.44. The number of carbonyl (C=O) groups is 1. The molecule has 27 heavy (non-hydrogen) atoms. The Morgan fingerprint density at radius 2 is 2.04 bits per heavy atom. The minimum atomic E-state index is -0.383. The molecule has 0 saturated carbocycles. The first-order valence-corrected chi connectivity index (χ1v) is 10.5. The number of aromatic nitrogens is 2. The summed E-state index contributed by atoms with van der Waals surface area (Å²) in [5, 5.41) is 26.1. The highest BCUT2D eigenvalue weighted by atomic mass is 32.2. The molecule has 0 spiro atoms. The first-order chi connectivity index (χ1) is 13.2. The Morgan fingerprint density at radius 3 is 2.78 bits per heavy atom. The van der Waals surface area contributed by atoms with Crippen LogP contribution in [0.1, 0.15) is 12.0 Å². The third-order valence-corrected chi connectivity index (χ3v) is 6.01. The zero-order chi connectivity index (χ0) is 18.9. The molecule has 1 aromatic carbocycles. The van der Waals surface area contributed by atoms with Gasteiger partial charge < -0.3 is 15.5 Å². The molecule has 3 rings (SSSR count). The van der Waals surface area contributed by atoms with E-state index in [2.05, 4.69) is 31.0 Å². The molecule has 1 saturated heterocycles. The first kappa shape index (κ1) is 19.6. The van der Waals surface area contributed by atoms with Gasteiger partial charge in [0.25, 0.3) is 0 Å². The van der Waals surface area contributed by atoms with Crippen LogP contribution in [0, 0.1) is 11.3 Å². The molecule has 0 radical (unpaired) electrons. The number of nitrogens with one attached hydrogen (secondary N) is 3. The summed E-state index contributed by atoms with van der Waals surface area (Å²) in [6.07, 6.45) is 1.10. The summed E-state index contributed by atoms with van der Waals surface area (Å²) in [4.78, 5) is 14.5. The van der Waals surface area contributed by atoms with Crippen LogP contribution in [0.4, 0.5) is 15.6 Å². The van der Waals surface area contributed by atoms with E-state index in [4.69, 9.17) is 5.26 Å². The third-order valence-electron chi connectivity index (χ3n) is 3.95. The smallest absolute Gasteiger partial charge is 0.314 e. The first-order valence-electron chi connectivity index (χ1n) is 8.70. The van der Waals surface area contributed by atoms with Crippen molar-refractivity contribution in [1.82, 2.24) is 20.4 Å². The van der Waals surface area contributed by atoms with Crippen molar-refractivity contribution in [3.05, 3.63) is 29.8 Å². The van der Waals surface area contributed by atoms with Crippen molar-refractivity contribution in [1.29, 1.82) is 5.26 Å². The van der Waals surface area contributed by atoms with Crippen molar-refractivity contribution in [2.75, 3.05) is 49.1 Å². The van der Waals surface area contributed by atoms with E-state index < -0.39 is 0 Å². The molecule has 0 aliphatic carbocycles. The van der Waals surface area contributed by atoms with Crippen molar-refractivity contribution in [2.24, 2.45) is 0 Å². The second kappa shape index (κ2) is 10.2. The molecular weight excluding hydrogens is 382 g/mol. The van der Waals surface area contributed by atoms with Gasteiger partial charge in [-0.3, -0.25) is 5.32 Å². The van der Waals surface area contributed by atoms with Gasteiger partial charge in [0, 0.05) is 37.6 Å². The molecule has 10 heteroatoms. The van der Waals surface area contributed by atoms with Gasteiger partial charge >= 0.3 is 6.03 Å². The van der Waals surface area contributed by atoms with Gasteiger partial charge in [0.15, 0.2) is 4.34 Å². The fourth-order valence-corrected chi connectivity index (χ4v) is 4.33. The van der Waals surface area contributed by atoms with Crippen LogP contribution in [0.3, 0.4) is 0 Å². The lowest BCUT2D eigenvalue weighted by Crippen LogP contribution is -2.43. The minimum Gasteiger partial charge on any atom is -0.314 e. The Labute approximate surface area is 166 Å². The van der Waals surface area contributed by atoms with E-state index in [1.807, 2.05) is 6.07 Å². The second-order valence-electron chi connectivity index (χ2n) is 5.94. The number of nitrogens with zero attached hydrogens (tertiary/aromatic N) is 4. The molecule has 142 valence electrons. The minimum absolute atomic E-state index is 0.383. The molecule has 0 unspecified atom stereocenters. The van der Waals surface area contributed by atoms with Crippen LogP contribution in [0.15, 0.2) is 28.6 Å². The Kier molecular flexibility index (Phi) is 7.41. The Balaban J connectivity index is 1.37. The molecule has 1 fully saturated rings. The number of nitriles is 1. The highest BCUT2D eigenvalue weighted by Crippen LogP contribution is 2.26. The van der Waals surface area contributed by atoms with Gasteiger partial charge in [-0.2, -0.15) is 5.26 Å². The lowest BCUT2D eigenvalue weighted by Gasteiger charge is -2.26. The summed E-state index contributed by atoms with van der Waals surface area (Å²) >= 11 is 3.03. The topological polar surface area (TPSA) is 106 Å². The zero-order valence-electron chi connectivity index (χ0n) is 14.8. The van der Waals surface area contributed by atoms with Crippen molar-refractivity contribution in [3.63, 3.8) is 0 Å². The summed E-state index contributed by atoms with van der Waals surface area (Å²) in [6, 6.07) is 8.31. The highest BCUT2D eigenvalue weighted by Gasteiger charge is 2.11. The number of piperazine rings is 1. The third kappa shape index (κ3) is 6.48. The van der Waals surface area contributed by atoms with Gasteiger partial charge in [-0.25, -0.2) is 4.79 Å². The summed E-state index contributed by atoms with van der Waals surface area (Å²) in [5.41, 5.74) is 1.15. The molecule has 0 bridgehead atoms. The largest absolute Gasteiger partial charge is 0.325 e. The Hall–Kier alpha value is -2.19. The Morgan fingerprint density at radius 1 is 1.26 bits per heavy atom. The van der Waals surface area contributed by atoms with Crippen LogP contribution < -0.4 is 16.0 Å². The number of carbonyl (C=O) groups excluding carboxylic acids is 1. The molecule has 1 aliphatic rings. The fourth-order valence-electron chi connectivity index (χ4n) is 2.59. The molecule has 3 N–H and O–H groups in total. The van der Waals surface area contributed by atoms with E-state index in [0.29, 0.717) is 16.4 Å². The predicted molar refractivity (Wildman–Crippen MR) is 108 cm³/mol. The fraction of sp³-hybridized carbons (Fsp3) is 0.412. The van der Waals surface area contributed by atoms with E-state index in [-0.39, 0.29) is 6.03 Å². The molecule has 8 nitrogen and oxygen atoms in total. The van der Waals surface area contributed by atoms with Gasteiger partial charge in [0.2, 0.25) is 5.13 Å². The summed E-state index contributed by atoms with van der Waals surface area (Å²) in [7, 11) is 0. The summed E-state index contributed by atoms with van der Waals surface area (Å²) < 4.78 is 0.851. The number of rotatable bonds is 7. The van der Waals surface area contributed by atoms with Crippen LogP contribution in [0.2, 0.25) is 0 Å². The van der Waals surface area contributed by atoms with E-state index in [1.165, 1.54) is 11.3 Å². The van der Waals surface area contributed by atoms with Crippen molar-refractivity contribution < 1.29 is 4.79 Å². The number of amides is 2. The molecule has 2 heterocycles. The summed E-state index contributed by atoms with van der Waals surface area (Å²) in [6.45, 7) is 5.48. The van der Waals surface area contributed by atoms with E-state index >= 15 is 0 Å². The van der Waals surface area contributed by atoms with Gasteiger partial charge in [0.05, 0.1) is 11.6 Å². The Bertz CT molecular complexity index is 781. The van der Waals surface area contributed by atoms with Crippen LogP contribution in [-0.4, -0.2) is 59.6 Å². The van der Waals surface area contributed by atoms with Crippen molar-refractivity contribution in [3.8, 4) is 6.07 Å². The SMILES string of the molecule is N#Cc1ccc(NC(=O)Nc2nnc(SCCCN3CCNCC3)s2)cc1. The van der Waals surface area contributed by atoms with Crippen molar-refractivity contribution >= 4 is 39.9 Å². The van der Waals surface area contributed by atoms with Gasteiger partial charge in [-0.05, 0) is 37.2 Å². The van der Waals surface area contributed by atoms with E-state index in [1.54, 1.807) is 36.0 Å². The van der Waals surface area contributed by atoms with Gasteiger partial charge in [-0.1, -0.05) is 23.1 Å². The quantitative estimate of drug-likeness (QED) is 0.370. The lowest BCUT2D eigenvalue weighted by molar-refractivity contribution is 0.242. The average molecular weight is 404 g/mol. The van der Waals surface area contributed by atoms with Crippen LogP contribution >= 0.6 is 23.1 Å². The maximum Gasteiger partial charge on any atom is 0.325 e. The van der Waals surface area contributed by atoms with Crippen molar-refractivity contribution in [2.45, 2.75) is 10.8 Å². The monoisotopic (exact) mass is 403 g/mol. The van der Waals surface area contributed by atoms with Gasteiger partial charge in [-0.15, -0.1) is 10.2 Å². The number of benzene rings is 1. The molecule has 1 aliphatic heterocycles.